The Hall–Kier alpha value is -3.60. The molecule has 0 bridgehead atoms. The van der Waals surface area contributed by atoms with Crippen LogP contribution in [0.2, 0.25) is 5.02 Å². The average molecular weight is 533 g/mol. The van der Waals surface area contributed by atoms with Crippen molar-refractivity contribution in [3.05, 3.63) is 75.2 Å². The van der Waals surface area contributed by atoms with Gasteiger partial charge in [0.15, 0.2) is 5.69 Å². The van der Waals surface area contributed by atoms with Gasteiger partial charge in [-0.3, -0.25) is 14.4 Å². The van der Waals surface area contributed by atoms with Gasteiger partial charge in [0.05, 0.1) is 12.7 Å². The molecule has 2 N–H and O–H groups in total. The molecular formula is C25H27ClF2N6O3. The Morgan fingerprint density at radius 1 is 1.22 bits per heavy atom. The number of hydrogen-bond acceptors (Lipinski definition) is 5. The van der Waals surface area contributed by atoms with Crippen molar-refractivity contribution >= 4 is 29.1 Å². The number of aromatic nitrogens is 4. The molecule has 1 aliphatic rings. The molecule has 196 valence electrons. The largest absolute Gasteiger partial charge is 0.346 e. The van der Waals surface area contributed by atoms with Gasteiger partial charge in [0.25, 0.3) is 11.5 Å². The topological polar surface area (TPSA) is 111 Å². The highest BCUT2D eigenvalue weighted by Crippen LogP contribution is 2.29. The van der Waals surface area contributed by atoms with Gasteiger partial charge in [0.2, 0.25) is 5.91 Å². The Labute approximate surface area is 216 Å². The molecule has 0 saturated heterocycles. The van der Waals surface area contributed by atoms with E-state index >= 15 is 0 Å². The molecule has 3 aromatic rings. The Bertz CT molecular complexity index is 1320. The van der Waals surface area contributed by atoms with Crippen LogP contribution in [-0.4, -0.2) is 37.5 Å². The zero-order valence-electron chi connectivity index (χ0n) is 20.0. The summed E-state index contributed by atoms with van der Waals surface area (Å²) in [4.78, 5) is 36.7. The molecule has 2 aromatic heterocycles. The fraction of sp³-hybridized carbons (Fsp3) is 0.400. The molecule has 4 rings (SSSR count). The van der Waals surface area contributed by atoms with Crippen LogP contribution >= 0.6 is 11.6 Å². The molecule has 1 fully saturated rings. The second-order valence-electron chi connectivity index (χ2n) is 9.13. The zero-order chi connectivity index (χ0) is 26.4. The van der Waals surface area contributed by atoms with E-state index < -0.39 is 17.9 Å². The van der Waals surface area contributed by atoms with Crippen LogP contribution in [0.4, 0.5) is 14.5 Å². The molecule has 0 aliphatic heterocycles. The maximum Gasteiger partial charge on any atom is 0.273 e. The summed E-state index contributed by atoms with van der Waals surface area (Å²) in [6.45, 7) is -0.127. The highest BCUT2D eigenvalue weighted by atomic mass is 35.5. The molecule has 1 atom stereocenters. The van der Waals surface area contributed by atoms with E-state index in [9.17, 15) is 23.2 Å². The number of amides is 2. The van der Waals surface area contributed by atoms with E-state index in [1.807, 2.05) is 0 Å². The van der Waals surface area contributed by atoms with E-state index in [-0.39, 0.29) is 48.8 Å². The van der Waals surface area contributed by atoms with Gasteiger partial charge in [-0.15, -0.1) is 5.10 Å². The minimum absolute atomic E-state index is 0.0305. The summed E-state index contributed by atoms with van der Waals surface area (Å²) in [5.74, 6) is -0.775. The number of pyridine rings is 1. The fourth-order valence-electron chi connectivity index (χ4n) is 3.95. The summed E-state index contributed by atoms with van der Waals surface area (Å²) in [6.07, 6.45) is 5.23. The first-order valence-corrected chi connectivity index (χ1v) is 12.4. The standard InChI is InChI=1S/C25H27ClF2N6O3/c26-18-4-5-21(28)17(11-18)13-29-25(37)22-15-34(32-31-22)14-19(27)6-8-33-9-7-20(12-24(33)36)30-23(35)10-16-2-1-3-16/h4-5,7,9,11-12,15-16,19H,1-3,6,8,10,13-14H2,(H,29,37)(H,30,35). The summed E-state index contributed by atoms with van der Waals surface area (Å²) >= 11 is 5.85. The van der Waals surface area contributed by atoms with Crippen molar-refractivity contribution in [1.82, 2.24) is 24.9 Å². The lowest BCUT2D eigenvalue weighted by Gasteiger charge is -2.24. The smallest absolute Gasteiger partial charge is 0.273 e. The van der Waals surface area contributed by atoms with Crippen molar-refractivity contribution < 1.29 is 18.4 Å². The highest BCUT2D eigenvalue weighted by molar-refractivity contribution is 6.30. The van der Waals surface area contributed by atoms with Crippen LogP contribution in [0.5, 0.6) is 0 Å². The Morgan fingerprint density at radius 3 is 2.76 bits per heavy atom. The second-order valence-corrected chi connectivity index (χ2v) is 9.56. The van der Waals surface area contributed by atoms with Crippen molar-refractivity contribution in [3.8, 4) is 0 Å². The number of hydrogen-bond donors (Lipinski definition) is 2. The number of aryl methyl sites for hydroxylation is 1. The number of nitrogens with zero attached hydrogens (tertiary/aromatic N) is 4. The fourth-order valence-corrected chi connectivity index (χ4v) is 4.15. The van der Waals surface area contributed by atoms with Crippen molar-refractivity contribution in [2.75, 3.05) is 5.32 Å². The molecule has 12 heteroatoms. The monoisotopic (exact) mass is 532 g/mol. The van der Waals surface area contributed by atoms with E-state index in [4.69, 9.17) is 11.6 Å². The number of carbonyl (C=O) groups excluding carboxylic acids is 2. The number of benzene rings is 1. The molecule has 2 heterocycles. The molecular weight excluding hydrogens is 506 g/mol. The molecule has 0 spiro atoms. The normalized spacial score (nSPS) is 14.1. The van der Waals surface area contributed by atoms with Crippen molar-refractivity contribution in [2.24, 2.45) is 5.92 Å². The van der Waals surface area contributed by atoms with Crippen LogP contribution in [0.15, 0.2) is 47.5 Å². The first-order chi connectivity index (χ1) is 17.8. The minimum atomic E-state index is -1.35. The first kappa shape index (κ1) is 26.5. The maximum atomic E-state index is 14.6. The summed E-state index contributed by atoms with van der Waals surface area (Å²) in [5, 5.41) is 13.1. The van der Waals surface area contributed by atoms with Gasteiger partial charge in [-0.05, 0) is 49.4 Å². The average Bonchev–Trinajstić information content (AvgIpc) is 3.30. The third kappa shape index (κ3) is 7.45. The number of halogens is 3. The van der Waals surface area contributed by atoms with Crippen LogP contribution in [0.3, 0.4) is 0 Å². The molecule has 1 aliphatic carbocycles. The van der Waals surface area contributed by atoms with Crippen LogP contribution < -0.4 is 16.2 Å². The summed E-state index contributed by atoms with van der Waals surface area (Å²) in [5.41, 5.74) is 0.260. The van der Waals surface area contributed by atoms with Gasteiger partial charge in [0.1, 0.15) is 12.0 Å². The molecule has 9 nitrogen and oxygen atoms in total. The van der Waals surface area contributed by atoms with Gasteiger partial charge in [0, 0.05) is 48.0 Å². The lowest BCUT2D eigenvalue weighted by Crippen LogP contribution is -2.24. The molecule has 1 saturated carbocycles. The van der Waals surface area contributed by atoms with E-state index in [1.165, 1.54) is 45.9 Å². The van der Waals surface area contributed by atoms with E-state index in [2.05, 4.69) is 20.9 Å². The number of anilines is 1. The highest BCUT2D eigenvalue weighted by Gasteiger charge is 2.21. The Morgan fingerprint density at radius 2 is 2.03 bits per heavy atom. The summed E-state index contributed by atoms with van der Waals surface area (Å²) in [6, 6.07) is 6.96. The summed E-state index contributed by atoms with van der Waals surface area (Å²) < 4.78 is 30.9. The lowest BCUT2D eigenvalue weighted by molar-refractivity contribution is -0.117. The van der Waals surface area contributed by atoms with Gasteiger partial charge >= 0.3 is 0 Å². The van der Waals surface area contributed by atoms with Crippen molar-refractivity contribution in [3.63, 3.8) is 0 Å². The zero-order valence-corrected chi connectivity index (χ0v) is 20.8. The van der Waals surface area contributed by atoms with Crippen LogP contribution in [0.1, 0.15) is 48.2 Å². The third-order valence-corrected chi connectivity index (χ3v) is 6.50. The number of nitrogens with one attached hydrogen (secondary N) is 2. The quantitative estimate of drug-likeness (QED) is 0.391. The molecule has 1 unspecified atom stereocenters. The number of carbonyl (C=O) groups is 2. The summed E-state index contributed by atoms with van der Waals surface area (Å²) in [7, 11) is 0. The molecule has 1 aromatic carbocycles. The Balaban J connectivity index is 1.23. The molecule has 0 radical (unpaired) electrons. The molecule has 37 heavy (non-hydrogen) atoms. The van der Waals surface area contributed by atoms with Crippen LogP contribution in [-0.2, 0) is 24.4 Å². The van der Waals surface area contributed by atoms with Crippen LogP contribution in [0, 0.1) is 11.7 Å². The van der Waals surface area contributed by atoms with Gasteiger partial charge in [-0.2, -0.15) is 0 Å². The maximum absolute atomic E-state index is 14.6. The molecule has 2 amide bonds. The van der Waals surface area contributed by atoms with Crippen LogP contribution in [0.25, 0.3) is 0 Å². The van der Waals surface area contributed by atoms with E-state index in [1.54, 1.807) is 6.07 Å². The van der Waals surface area contributed by atoms with Gasteiger partial charge < -0.3 is 15.2 Å². The SMILES string of the molecule is O=C(CC1CCC1)Nc1ccn(CCC(F)Cn2cc(C(=O)NCc3cc(Cl)ccc3F)nn2)c(=O)c1. The van der Waals surface area contributed by atoms with E-state index in [0.29, 0.717) is 23.0 Å². The second kappa shape index (κ2) is 12.1. The van der Waals surface area contributed by atoms with Gasteiger partial charge in [-0.1, -0.05) is 23.2 Å². The predicted octanol–water partition coefficient (Wildman–Crippen LogP) is 3.72. The Kier molecular flexibility index (Phi) is 8.65. The lowest BCUT2D eigenvalue weighted by atomic mass is 9.83. The predicted molar refractivity (Wildman–Crippen MR) is 133 cm³/mol. The van der Waals surface area contributed by atoms with E-state index in [0.717, 1.165) is 19.3 Å². The van der Waals surface area contributed by atoms with Crippen molar-refractivity contribution in [2.45, 2.75) is 57.9 Å². The van der Waals surface area contributed by atoms with Crippen molar-refractivity contribution in [1.29, 1.82) is 0 Å². The first-order valence-electron chi connectivity index (χ1n) is 12.0. The number of alkyl halides is 1. The van der Waals surface area contributed by atoms with Gasteiger partial charge in [-0.25, -0.2) is 13.5 Å². The minimum Gasteiger partial charge on any atom is -0.346 e. The third-order valence-electron chi connectivity index (χ3n) is 6.27. The number of rotatable bonds is 11.